The molecule has 0 aliphatic heterocycles. The quantitative estimate of drug-likeness (QED) is 0.297. The molecular weight excluding hydrogens is 491 g/mol. The van der Waals surface area contributed by atoms with Gasteiger partial charge in [0, 0.05) is 13.6 Å². The molecule has 9 heteroatoms. The van der Waals surface area contributed by atoms with E-state index in [0.717, 1.165) is 16.9 Å². The van der Waals surface area contributed by atoms with Crippen LogP contribution in [0.2, 0.25) is 0 Å². The number of rotatable bonds is 7. The predicted octanol–water partition coefficient (Wildman–Crippen LogP) is 2.39. The maximum atomic E-state index is 11.3. The number of ether oxygens (including phenoxy) is 1. The van der Waals surface area contributed by atoms with E-state index in [1.54, 1.807) is 19.2 Å². The monoisotopic (exact) mass is 518 g/mol. The van der Waals surface area contributed by atoms with Gasteiger partial charge in [-0.1, -0.05) is 24.3 Å². The fraction of sp³-hybridized carbons (Fsp3) is 0.316. The van der Waals surface area contributed by atoms with E-state index in [4.69, 9.17) is 9.88 Å². The largest absolute Gasteiger partial charge is 0.489 e. The summed E-state index contributed by atoms with van der Waals surface area (Å²) in [6.45, 7) is 5.08. The van der Waals surface area contributed by atoms with E-state index in [9.17, 15) is 8.42 Å². The van der Waals surface area contributed by atoms with Gasteiger partial charge >= 0.3 is 0 Å². The molecule has 2 rings (SSSR count). The molecule has 0 aromatic heterocycles. The van der Waals surface area contributed by atoms with E-state index in [1.165, 1.54) is 12.1 Å². The summed E-state index contributed by atoms with van der Waals surface area (Å²) >= 11 is 0. The number of nitrogens with one attached hydrogen (secondary N) is 2. The van der Waals surface area contributed by atoms with Crippen molar-refractivity contribution < 1.29 is 13.2 Å². The van der Waals surface area contributed by atoms with Gasteiger partial charge in [-0.3, -0.25) is 4.99 Å². The van der Waals surface area contributed by atoms with Crippen LogP contribution >= 0.6 is 24.0 Å². The number of nitrogens with zero attached hydrogens (tertiary/aromatic N) is 1. The van der Waals surface area contributed by atoms with Crippen molar-refractivity contribution in [3.05, 3.63) is 59.7 Å². The maximum absolute atomic E-state index is 11.3. The topological polar surface area (TPSA) is 106 Å². The van der Waals surface area contributed by atoms with Crippen molar-refractivity contribution in [1.82, 2.24) is 10.6 Å². The van der Waals surface area contributed by atoms with Gasteiger partial charge < -0.3 is 15.4 Å². The molecule has 0 saturated carbocycles. The van der Waals surface area contributed by atoms with Crippen molar-refractivity contribution in [2.24, 2.45) is 10.1 Å². The summed E-state index contributed by atoms with van der Waals surface area (Å²) in [5, 5.41) is 11.5. The molecule has 0 saturated heterocycles. The molecule has 0 aliphatic carbocycles. The highest BCUT2D eigenvalue weighted by Gasteiger charge is 2.08. The van der Waals surface area contributed by atoms with Crippen LogP contribution in [0.1, 0.15) is 18.1 Å². The van der Waals surface area contributed by atoms with Gasteiger partial charge in [-0.05, 0) is 49.2 Å². The zero-order chi connectivity index (χ0) is 19.9. The van der Waals surface area contributed by atoms with Gasteiger partial charge in [-0.2, -0.15) is 0 Å². The highest BCUT2D eigenvalue weighted by atomic mass is 127. The highest BCUT2D eigenvalue weighted by Crippen LogP contribution is 2.14. The van der Waals surface area contributed by atoms with Gasteiger partial charge in [-0.25, -0.2) is 13.6 Å². The van der Waals surface area contributed by atoms with Gasteiger partial charge in [0.25, 0.3) is 0 Å². The molecular formula is C19H27IN4O3S. The van der Waals surface area contributed by atoms with E-state index >= 15 is 0 Å². The van der Waals surface area contributed by atoms with E-state index in [1.807, 2.05) is 38.1 Å². The summed E-state index contributed by atoms with van der Waals surface area (Å²) < 4.78 is 28.4. The summed E-state index contributed by atoms with van der Waals surface area (Å²) in [6.07, 6.45) is -0.0422. The molecule has 4 N–H and O–H groups in total. The van der Waals surface area contributed by atoms with E-state index in [-0.39, 0.29) is 35.0 Å². The lowest BCUT2D eigenvalue weighted by molar-refractivity contribution is 0.223. The molecule has 0 spiro atoms. The number of benzene rings is 2. The Hall–Kier alpha value is -1.85. The van der Waals surface area contributed by atoms with Crippen LogP contribution in [0.15, 0.2) is 58.4 Å². The Kier molecular flexibility index (Phi) is 9.70. The molecule has 0 amide bonds. The number of nitrogens with two attached hydrogens (primary N) is 1. The lowest BCUT2D eigenvalue weighted by atomic mass is 10.2. The number of hydrogen-bond donors (Lipinski definition) is 3. The van der Waals surface area contributed by atoms with Gasteiger partial charge in [0.2, 0.25) is 10.0 Å². The second-order valence-corrected chi connectivity index (χ2v) is 7.80. The SMILES string of the molecule is CN=C(NCc1ccc(S(N)(=O)=O)cc1)NCC(C)Oc1cccc(C)c1.I. The molecule has 2 aromatic rings. The molecule has 1 atom stereocenters. The van der Waals surface area contributed by atoms with Crippen LogP contribution in [0.5, 0.6) is 5.75 Å². The summed E-state index contributed by atoms with van der Waals surface area (Å²) in [4.78, 5) is 4.27. The van der Waals surface area contributed by atoms with Gasteiger partial charge in [0.1, 0.15) is 11.9 Å². The minimum absolute atomic E-state index is 0. The third kappa shape index (κ3) is 8.03. The van der Waals surface area contributed by atoms with Crippen molar-refractivity contribution in [2.75, 3.05) is 13.6 Å². The Morgan fingerprint density at radius 2 is 1.86 bits per heavy atom. The number of hydrogen-bond acceptors (Lipinski definition) is 4. The van der Waals surface area contributed by atoms with Crippen molar-refractivity contribution in [3.63, 3.8) is 0 Å². The molecule has 0 fully saturated rings. The van der Waals surface area contributed by atoms with Gasteiger partial charge in [0.05, 0.1) is 11.4 Å². The third-order valence-corrected chi connectivity index (χ3v) is 4.75. The smallest absolute Gasteiger partial charge is 0.238 e. The summed E-state index contributed by atoms with van der Waals surface area (Å²) in [5.74, 6) is 1.47. The van der Waals surface area contributed by atoms with Gasteiger partial charge in [-0.15, -0.1) is 24.0 Å². The number of halogens is 1. The molecule has 2 aromatic carbocycles. The standard InChI is InChI=1S/C19H26N4O3S.HI/c1-14-5-4-6-17(11-14)26-15(2)12-22-19(21-3)23-13-16-7-9-18(10-8-16)27(20,24)25;/h4-11,15H,12-13H2,1-3H3,(H2,20,24,25)(H2,21,22,23);1H. The summed E-state index contributed by atoms with van der Waals surface area (Å²) in [7, 11) is -1.99. The Morgan fingerprint density at radius 3 is 2.43 bits per heavy atom. The second kappa shape index (κ2) is 11.2. The van der Waals surface area contributed by atoms with Crippen LogP contribution in [-0.2, 0) is 16.6 Å². The Bertz CT molecular complexity index is 886. The Morgan fingerprint density at radius 1 is 1.18 bits per heavy atom. The first kappa shape index (κ1) is 24.2. The fourth-order valence-electron chi connectivity index (χ4n) is 2.41. The molecule has 154 valence electrons. The lowest BCUT2D eigenvalue weighted by Gasteiger charge is -2.18. The second-order valence-electron chi connectivity index (χ2n) is 6.24. The first-order chi connectivity index (χ1) is 12.8. The summed E-state index contributed by atoms with van der Waals surface area (Å²) in [5.41, 5.74) is 2.06. The number of sulfonamides is 1. The predicted molar refractivity (Wildman–Crippen MR) is 123 cm³/mol. The fourth-order valence-corrected chi connectivity index (χ4v) is 2.92. The minimum Gasteiger partial charge on any atom is -0.489 e. The molecule has 0 bridgehead atoms. The maximum Gasteiger partial charge on any atom is 0.238 e. The van der Waals surface area contributed by atoms with Crippen LogP contribution in [0.25, 0.3) is 0 Å². The van der Waals surface area contributed by atoms with Crippen molar-refractivity contribution in [1.29, 1.82) is 0 Å². The highest BCUT2D eigenvalue weighted by molar-refractivity contribution is 14.0. The van der Waals surface area contributed by atoms with Crippen LogP contribution in [0.3, 0.4) is 0 Å². The number of guanidine groups is 1. The minimum atomic E-state index is -3.67. The van der Waals surface area contributed by atoms with Crippen LogP contribution in [-0.4, -0.2) is 34.1 Å². The molecule has 0 radical (unpaired) electrons. The Balaban J connectivity index is 0.00000392. The van der Waals surface area contributed by atoms with E-state index < -0.39 is 10.0 Å². The first-order valence-corrected chi connectivity index (χ1v) is 10.1. The molecule has 28 heavy (non-hydrogen) atoms. The average molecular weight is 518 g/mol. The van der Waals surface area contributed by atoms with E-state index in [2.05, 4.69) is 15.6 Å². The normalized spacial score (nSPS) is 12.6. The van der Waals surface area contributed by atoms with Crippen molar-refractivity contribution >= 4 is 40.0 Å². The zero-order valence-electron chi connectivity index (χ0n) is 16.2. The lowest BCUT2D eigenvalue weighted by Crippen LogP contribution is -2.41. The first-order valence-electron chi connectivity index (χ1n) is 8.57. The number of primary sulfonamides is 1. The van der Waals surface area contributed by atoms with Crippen LogP contribution < -0.4 is 20.5 Å². The Labute approximate surface area is 183 Å². The van der Waals surface area contributed by atoms with Crippen LogP contribution in [0, 0.1) is 6.92 Å². The van der Waals surface area contributed by atoms with Crippen molar-refractivity contribution in [2.45, 2.75) is 31.4 Å². The van der Waals surface area contributed by atoms with Crippen LogP contribution in [0.4, 0.5) is 0 Å². The number of aliphatic imine (C=N–C) groups is 1. The van der Waals surface area contributed by atoms with Gasteiger partial charge in [0.15, 0.2) is 5.96 Å². The third-order valence-electron chi connectivity index (χ3n) is 3.82. The molecule has 0 aliphatic rings. The van der Waals surface area contributed by atoms with Crippen molar-refractivity contribution in [3.8, 4) is 5.75 Å². The number of aryl methyl sites for hydroxylation is 1. The molecule has 1 unspecified atom stereocenters. The molecule has 7 nitrogen and oxygen atoms in total. The molecule has 0 heterocycles. The van der Waals surface area contributed by atoms with E-state index in [0.29, 0.717) is 19.0 Å². The zero-order valence-corrected chi connectivity index (χ0v) is 19.3. The average Bonchev–Trinajstić information content (AvgIpc) is 2.61. The summed E-state index contributed by atoms with van der Waals surface area (Å²) in [6, 6.07) is 14.3.